The van der Waals surface area contributed by atoms with Crippen LogP contribution in [0.4, 0.5) is 13.2 Å². The number of phenols is 1. The van der Waals surface area contributed by atoms with Gasteiger partial charge in [0.2, 0.25) is 0 Å². The first-order chi connectivity index (χ1) is 8.30. The highest BCUT2D eigenvalue weighted by Gasteiger charge is 2.34. The minimum Gasteiger partial charge on any atom is -0.507 e. The molecule has 1 aromatic carbocycles. The predicted molar refractivity (Wildman–Crippen MR) is 50.8 cm³/mol. The predicted octanol–water partition coefficient (Wildman–Crippen LogP) is 1.95. The van der Waals surface area contributed by atoms with Gasteiger partial charge in [0.1, 0.15) is 28.7 Å². The monoisotopic (exact) mass is 261 g/mol. The Morgan fingerprint density at radius 1 is 1.44 bits per heavy atom. The van der Waals surface area contributed by atoms with Crippen molar-refractivity contribution in [1.82, 2.24) is 0 Å². The summed E-state index contributed by atoms with van der Waals surface area (Å²) < 4.78 is 44.1. The molecule has 0 amide bonds. The van der Waals surface area contributed by atoms with Crippen LogP contribution in [0.15, 0.2) is 12.1 Å². The van der Waals surface area contributed by atoms with Gasteiger partial charge in [-0.2, -0.15) is 5.26 Å². The lowest BCUT2D eigenvalue weighted by Gasteiger charge is -2.13. The maximum Gasteiger partial charge on any atom is 0.573 e. The second-order valence-corrected chi connectivity index (χ2v) is 2.98. The normalized spacial score (nSPS) is 10.6. The average molecular weight is 261 g/mol. The van der Waals surface area contributed by atoms with Gasteiger partial charge in [0.05, 0.1) is 7.11 Å². The van der Waals surface area contributed by atoms with E-state index in [2.05, 4.69) is 9.47 Å². The van der Waals surface area contributed by atoms with Crippen LogP contribution in [-0.4, -0.2) is 24.5 Å². The molecule has 96 valence electrons. The highest BCUT2D eigenvalue weighted by molar-refractivity contribution is 5.96. The van der Waals surface area contributed by atoms with E-state index in [9.17, 15) is 23.1 Å². The van der Waals surface area contributed by atoms with E-state index < -0.39 is 35.0 Å². The van der Waals surface area contributed by atoms with Crippen molar-refractivity contribution < 1.29 is 32.5 Å². The van der Waals surface area contributed by atoms with Gasteiger partial charge in [-0.05, 0) is 12.1 Å². The third kappa shape index (κ3) is 2.82. The number of alkyl halides is 3. The zero-order valence-corrected chi connectivity index (χ0v) is 8.91. The first-order valence-corrected chi connectivity index (χ1v) is 4.40. The molecular weight excluding hydrogens is 255 g/mol. The molecule has 8 heteroatoms. The molecule has 0 aliphatic rings. The molecule has 0 aromatic heterocycles. The Labute approximate surface area is 99.0 Å². The number of benzene rings is 1. The number of carbonyl (C=O) groups is 1. The SMILES string of the molecule is COC(=O)c1c(OC(F)(F)F)ccc(O)c1C#N. The molecule has 0 atom stereocenters. The van der Waals surface area contributed by atoms with Crippen LogP contribution in [-0.2, 0) is 4.74 Å². The summed E-state index contributed by atoms with van der Waals surface area (Å²) in [7, 11) is 0.922. The van der Waals surface area contributed by atoms with Gasteiger partial charge in [0.15, 0.2) is 0 Å². The van der Waals surface area contributed by atoms with Crippen LogP contribution in [0, 0.1) is 11.3 Å². The zero-order valence-electron chi connectivity index (χ0n) is 8.91. The lowest BCUT2D eigenvalue weighted by molar-refractivity contribution is -0.274. The number of methoxy groups -OCH3 is 1. The molecule has 0 radical (unpaired) electrons. The minimum absolute atomic E-state index is 0.646. The van der Waals surface area contributed by atoms with Crippen molar-refractivity contribution >= 4 is 5.97 Å². The number of hydrogen-bond donors (Lipinski definition) is 1. The largest absolute Gasteiger partial charge is 0.573 e. The maximum absolute atomic E-state index is 12.1. The van der Waals surface area contributed by atoms with Crippen LogP contribution in [0.2, 0.25) is 0 Å². The standard InChI is InChI=1S/C10H6F3NO4/c1-17-9(16)8-5(4-14)6(15)2-3-7(8)18-10(11,12)13/h2-3,15H,1H3. The van der Waals surface area contributed by atoms with Crippen LogP contribution >= 0.6 is 0 Å². The number of phenolic OH excluding ortho intramolecular Hbond substituents is 1. The van der Waals surface area contributed by atoms with Crippen molar-refractivity contribution in [2.75, 3.05) is 7.11 Å². The summed E-state index contributed by atoms with van der Waals surface area (Å²) in [6.07, 6.45) is -5.04. The first-order valence-electron chi connectivity index (χ1n) is 4.40. The second-order valence-electron chi connectivity index (χ2n) is 2.98. The first kappa shape index (κ1) is 13.6. The highest BCUT2D eigenvalue weighted by Crippen LogP contribution is 2.33. The number of ether oxygens (including phenoxy) is 2. The summed E-state index contributed by atoms with van der Waals surface area (Å²) in [5.41, 5.74) is -1.43. The van der Waals surface area contributed by atoms with Crippen LogP contribution in [0.5, 0.6) is 11.5 Å². The zero-order chi connectivity index (χ0) is 13.9. The van der Waals surface area contributed by atoms with Crippen LogP contribution in [0.1, 0.15) is 15.9 Å². The van der Waals surface area contributed by atoms with E-state index in [4.69, 9.17) is 5.26 Å². The molecule has 1 rings (SSSR count). The molecule has 1 N–H and O–H groups in total. The molecule has 0 fully saturated rings. The quantitative estimate of drug-likeness (QED) is 0.823. The van der Waals surface area contributed by atoms with E-state index in [1.807, 2.05) is 0 Å². The molecule has 0 bridgehead atoms. The topological polar surface area (TPSA) is 79.6 Å². The summed E-state index contributed by atoms with van der Waals surface area (Å²) in [6, 6.07) is 2.94. The van der Waals surface area contributed by atoms with Gasteiger partial charge in [-0.25, -0.2) is 4.79 Å². The summed E-state index contributed by atoms with van der Waals surface area (Å²) in [4.78, 5) is 11.3. The lowest BCUT2D eigenvalue weighted by Crippen LogP contribution is -2.20. The van der Waals surface area contributed by atoms with Gasteiger partial charge >= 0.3 is 12.3 Å². The molecular formula is C10H6F3NO4. The molecule has 0 heterocycles. The highest BCUT2D eigenvalue weighted by atomic mass is 19.4. The number of hydrogen-bond acceptors (Lipinski definition) is 5. The molecule has 0 saturated carbocycles. The van der Waals surface area contributed by atoms with Gasteiger partial charge in [0.25, 0.3) is 0 Å². The molecule has 0 unspecified atom stereocenters. The number of rotatable bonds is 2. The van der Waals surface area contributed by atoms with Crippen molar-refractivity contribution in [3.05, 3.63) is 23.3 Å². The van der Waals surface area contributed by atoms with E-state index in [0.717, 1.165) is 19.2 Å². The summed E-state index contributed by atoms with van der Waals surface area (Å²) in [5, 5.41) is 18.0. The van der Waals surface area contributed by atoms with Gasteiger partial charge < -0.3 is 14.6 Å². The van der Waals surface area contributed by atoms with Crippen molar-refractivity contribution in [3.8, 4) is 17.6 Å². The van der Waals surface area contributed by atoms with Crippen LogP contribution < -0.4 is 4.74 Å². The third-order valence-corrected chi connectivity index (χ3v) is 1.87. The molecule has 0 saturated heterocycles. The Kier molecular flexibility index (Phi) is 3.66. The molecule has 0 aliphatic heterocycles. The van der Waals surface area contributed by atoms with Gasteiger partial charge in [-0.3, -0.25) is 0 Å². The van der Waals surface area contributed by atoms with E-state index in [1.54, 1.807) is 0 Å². The van der Waals surface area contributed by atoms with Crippen LogP contribution in [0.25, 0.3) is 0 Å². The molecule has 1 aromatic rings. The number of halogens is 3. The average Bonchev–Trinajstić information content (AvgIpc) is 2.28. The van der Waals surface area contributed by atoms with Gasteiger partial charge in [0, 0.05) is 0 Å². The fourth-order valence-electron chi connectivity index (χ4n) is 1.20. The lowest BCUT2D eigenvalue weighted by atomic mass is 10.1. The molecule has 5 nitrogen and oxygen atoms in total. The Morgan fingerprint density at radius 2 is 2.06 bits per heavy atom. The molecule has 0 spiro atoms. The Morgan fingerprint density at radius 3 is 2.50 bits per heavy atom. The number of nitrogens with zero attached hydrogens (tertiary/aromatic N) is 1. The molecule has 0 aliphatic carbocycles. The minimum atomic E-state index is -5.04. The van der Waals surface area contributed by atoms with E-state index in [1.165, 1.54) is 6.07 Å². The third-order valence-electron chi connectivity index (χ3n) is 1.87. The molecule has 18 heavy (non-hydrogen) atoms. The fourth-order valence-corrected chi connectivity index (χ4v) is 1.20. The van der Waals surface area contributed by atoms with Crippen molar-refractivity contribution in [1.29, 1.82) is 5.26 Å². The number of carbonyl (C=O) groups excluding carboxylic acids is 1. The van der Waals surface area contributed by atoms with Gasteiger partial charge in [-0.1, -0.05) is 0 Å². The number of nitriles is 1. The smallest absolute Gasteiger partial charge is 0.507 e. The van der Waals surface area contributed by atoms with Crippen LogP contribution in [0.3, 0.4) is 0 Å². The summed E-state index contributed by atoms with van der Waals surface area (Å²) >= 11 is 0. The Hall–Kier alpha value is -2.43. The second kappa shape index (κ2) is 4.83. The Bertz CT molecular complexity index is 519. The van der Waals surface area contributed by atoms with E-state index in [0.29, 0.717) is 0 Å². The van der Waals surface area contributed by atoms with Crippen molar-refractivity contribution in [2.24, 2.45) is 0 Å². The fraction of sp³-hybridized carbons (Fsp3) is 0.200. The maximum atomic E-state index is 12.1. The van der Waals surface area contributed by atoms with Crippen molar-refractivity contribution in [2.45, 2.75) is 6.36 Å². The van der Waals surface area contributed by atoms with Crippen molar-refractivity contribution in [3.63, 3.8) is 0 Å². The van der Waals surface area contributed by atoms with E-state index >= 15 is 0 Å². The number of esters is 1. The Balaban J connectivity index is 3.44. The van der Waals surface area contributed by atoms with E-state index in [-0.39, 0.29) is 0 Å². The number of aromatic hydroxyl groups is 1. The van der Waals surface area contributed by atoms with Gasteiger partial charge in [-0.15, -0.1) is 13.2 Å². The summed E-state index contributed by atoms with van der Waals surface area (Å²) in [6.45, 7) is 0. The summed E-state index contributed by atoms with van der Waals surface area (Å²) in [5.74, 6) is -2.78.